The lowest BCUT2D eigenvalue weighted by Crippen LogP contribution is -2.13. The maximum absolute atomic E-state index is 12.0. The number of benzene rings is 1. The van der Waals surface area contributed by atoms with Crippen LogP contribution < -0.4 is 5.32 Å². The summed E-state index contributed by atoms with van der Waals surface area (Å²) < 4.78 is 0. The molecule has 0 aliphatic heterocycles. The average Bonchev–Trinajstić information content (AvgIpc) is 2.57. The smallest absolute Gasteiger partial charge is 0.255 e. The van der Waals surface area contributed by atoms with Gasteiger partial charge in [-0.05, 0) is 31.6 Å². The van der Waals surface area contributed by atoms with Crippen molar-refractivity contribution in [2.45, 2.75) is 13.3 Å². The van der Waals surface area contributed by atoms with Crippen LogP contribution >= 0.6 is 11.6 Å². The third-order valence-corrected chi connectivity index (χ3v) is 2.87. The van der Waals surface area contributed by atoms with Crippen LogP contribution in [0.3, 0.4) is 0 Å². The molecule has 0 saturated heterocycles. The lowest BCUT2D eigenvalue weighted by atomic mass is 10.2. The summed E-state index contributed by atoms with van der Waals surface area (Å²) in [6, 6.07) is 7.68. The molecule has 1 aromatic rings. The van der Waals surface area contributed by atoms with Crippen molar-refractivity contribution in [2.24, 2.45) is 0 Å². The molecule has 0 aromatic heterocycles. The van der Waals surface area contributed by atoms with Gasteiger partial charge in [0.1, 0.15) is 0 Å². The molecule has 0 atom stereocenters. The molecule has 1 amide bonds. The fraction of sp³-hybridized carbons (Fsp3) is 0.133. The van der Waals surface area contributed by atoms with Crippen molar-refractivity contribution in [2.75, 3.05) is 5.32 Å². The minimum absolute atomic E-state index is 0.149. The zero-order valence-corrected chi connectivity index (χ0v) is 10.9. The van der Waals surface area contributed by atoms with E-state index in [-0.39, 0.29) is 5.91 Å². The van der Waals surface area contributed by atoms with Crippen molar-refractivity contribution in [1.82, 2.24) is 0 Å². The second-order valence-corrected chi connectivity index (χ2v) is 4.58. The number of hydrogen-bond acceptors (Lipinski definition) is 1. The molecule has 0 saturated carbocycles. The highest BCUT2D eigenvalue weighted by molar-refractivity contribution is 6.31. The van der Waals surface area contributed by atoms with Crippen LogP contribution in [-0.4, -0.2) is 5.91 Å². The zero-order chi connectivity index (χ0) is 13.0. The minimum atomic E-state index is -0.149. The summed E-state index contributed by atoms with van der Waals surface area (Å²) in [4.78, 5) is 12.0. The number of carbonyl (C=O) groups excluding carboxylic acids is 1. The fourth-order valence-electron chi connectivity index (χ4n) is 1.61. The maximum Gasteiger partial charge on any atom is 0.255 e. The quantitative estimate of drug-likeness (QED) is 0.856. The molecular weight excluding hydrogens is 246 g/mol. The number of anilines is 1. The van der Waals surface area contributed by atoms with Crippen molar-refractivity contribution < 1.29 is 4.79 Å². The largest absolute Gasteiger partial charge is 0.322 e. The highest BCUT2D eigenvalue weighted by Gasteiger charge is 2.08. The van der Waals surface area contributed by atoms with Gasteiger partial charge in [0.25, 0.3) is 5.91 Å². The number of hydrogen-bond donors (Lipinski definition) is 1. The van der Waals surface area contributed by atoms with Gasteiger partial charge in [-0.25, -0.2) is 0 Å². The van der Waals surface area contributed by atoms with E-state index in [1.807, 2.05) is 43.3 Å². The third kappa shape index (κ3) is 3.34. The summed E-state index contributed by atoms with van der Waals surface area (Å²) in [7, 11) is 0. The Labute approximate surface area is 112 Å². The number of carbonyl (C=O) groups is 1. The van der Waals surface area contributed by atoms with Gasteiger partial charge in [-0.1, -0.05) is 47.5 Å². The first kappa shape index (κ1) is 12.7. The van der Waals surface area contributed by atoms with Gasteiger partial charge in [-0.3, -0.25) is 4.79 Å². The molecule has 0 unspecified atom stereocenters. The normalized spacial score (nSPS) is 14.6. The molecule has 92 valence electrons. The molecule has 1 aromatic carbocycles. The van der Waals surface area contributed by atoms with Crippen molar-refractivity contribution in [1.29, 1.82) is 0 Å². The predicted molar refractivity (Wildman–Crippen MR) is 75.6 cm³/mol. The van der Waals surface area contributed by atoms with E-state index < -0.39 is 0 Å². The number of aryl methyl sites for hydroxylation is 1. The molecule has 0 bridgehead atoms. The molecule has 18 heavy (non-hydrogen) atoms. The number of allylic oxidation sites excluding steroid dienone is 4. The number of halogens is 1. The molecule has 2 nitrogen and oxygen atoms in total. The van der Waals surface area contributed by atoms with Crippen molar-refractivity contribution in [3.8, 4) is 0 Å². The summed E-state index contributed by atoms with van der Waals surface area (Å²) in [5.41, 5.74) is 2.51. The first-order valence-electron chi connectivity index (χ1n) is 5.77. The number of amides is 1. The van der Waals surface area contributed by atoms with Gasteiger partial charge in [0.15, 0.2) is 0 Å². The monoisotopic (exact) mass is 259 g/mol. The van der Waals surface area contributed by atoms with Gasteiger partial charge in [0.05, 0.1) is 0 Å². The van der Waals surface area contributed by atoms with Gasteiger partial charge < -0.3 is 5.32 Å². The maximum atomic E-state index is 12.0. The molecule has 0 spiro atoms. The van der Waals surface area contributed by atoms with Crippen LogP contribution in [0.1, 0.15) is 12.0 Å². The van der Waals surface area contributed by atoms with Crippen LogP contribution in [0.15, 0.2) is 59.2 Å². The van der Waals surface area contributed by atoms with Crippen LogP contribution in [0.2, 0.25) is 0 Å². The SMILES string of the molecule is Cc1ccc(NC(=O)C2=CC(Cl)=CCC=C2)cc1. The van der Waals surface area contributed by atoms with Crippen LogP contribution in [-0.2, 0) is 4.79 Å². The molecule has 1 aliphatic rings. The Hall–Kier alpha value is -1.80. The van der Waals surface area contributed by atoms with Crippen LogP contribution in [0.4, 0.5) is 5.69 Å². The fourth-order valence-corrected chi connectivity index (χ4v) is 1.82. The molecule has 1 aliphatic carbocycles. The number of nitrogens with one attached hydrogen (secondary N) is 1. The Balaban J connectivity index is 2.12. The predicted octanol–water partition coefficient (Wildman–Crippen LogP) is 3.94. The van der Waals surface area contributed by atoms with E-state index in [0.717, 1.165) is 17.7 Å². The van der Waals surface area contributed by atoms with Gasteiger partial charge in [-0.15, -0.1) is 0 Å². The minimum Gasteiger partial charge on any atom is -0.322 e. The topological polar surface area (TPSA) is 29.1 Å². The Morgan fingerprint density at radius 1 is 1.28 bits per heavy atom. The summed E-state index contributed by atoms with van der Waals surface area (Å²) in [5.74, 6) is -0.149. The summed E-state index contributed by atoms with van der Waals surface area (Å²) in [6.07, 6.45) is 7.99. The summed E-state index contributed by atoms with van der Waals surface area (Å²) >= 11 is 5.95. The lowest BCUT2D eigenvalue weighted by Gasteiger charge is -2.06. The second kappa shape index (κ2) is 5.69. The Morgan fingerprint density at radius 3 is 2.72 bits per heavy atom. The molecular formula is C15H14ClNO. The molecule has 0 heterocycles. The van der Waals surface area contributed by atoms with E-state index >= 15 is 0 Å². The second-order valence-electron chi connectivity index (χ2n) is 4.15. The molecule has 0 fully saturated rings. The molecule has 3 heteroatoms. The third-order valence-electron chi connectivity index (χ3n) is 2.61. The zero-order valence-electron chi connectivity index (χ0n) is 10.1. The Kier molecular flexibility index (Phi) is 4.00. The van der Waals surface area contributed by atoms with E-state index in [9.17, 15) is 4.79 Å². The highest BCUT2D eigenvalue weighted by atomic mass is 35.5. The first-order valence-corrected chi connectivity index (χ1v) is 6.15. The van der Waals surface area contributed by atoms with Crippen LogP contribution in [0.25, 0.3) is 0 Å². The molecule has 2 rings (SSSR count). The summed E-state index contributed by atoms with van der Waals surface area (Å²) in [6.45, 7) is 2.01. The van der Waals surface area contributed by atoms with Crippen molar-refractivity contribution in [3.63, 3.8) is 0 Å². The molecule has 0 radical (unpaired) electrons. The standard InChI is InChI=1S/C15H14ClNO/c1-11-6-8-14(9-7-11)17-15(18)12-4-2-3-5-13(16)10-12/h2,4-10H,3H2,1H3,(H,17,18). The first-order chi connectivity index (χ1) is 8.65. The van der Waals surface area contributed by atoms with Gasteiger partial charge in [0.2, 0.25) is 0 Å². The van der Waals surface area contributed by atoms with E-state index in [1.165, 1.54) is 0 Å². The molecule has 1 N–H and O–H groups in total. The van der Waals surface area contributed by atoms with E-state index in [1.54, 1.807) is 12.2 Å². The average molecular weight is 260 g/mol. The Morgan fingerprint density at radius 2 is 2.00 bits per heavy atom. The number of rotatable bonds is 2. The Bertz CT molecular complexity index is 538. The van der Waals surface area contributed by atoms with Crippen molar-refractivity contribution >= 4 is 23.2 Å². The lowest BCUT2D eigenvalue weighted by molar-refractivity contribution is -0.112. The summed E-state index contributed by atoms with van der Waals surface area (Å²) in [5, 5.41) is 3.43. The van der Waals surface area contributed by atoms with Gasteiger partial charge in [-0.2, -0.15) is 0 Å². The van der Waals surface area contributed by atoms with Gasteiger partial charge in [0, 0.05) is 16.3 Å². The van der Waals surface area contributed by atoms with Gasteiger partial charge >= 0.3 is 0 Å². The van der Waals surface area contributed by atoms with Crippen LogP contribution in [0.5, 0.6) is 0 Å². The van der Waals surface area contributed by atoms with E-state index in [0.29, 0.717) is 10.6 Å². The van der Waals surface area contributed by atoms with Crippen molar-refractivity contribution in [3.05, 3.63) is 64.7 Å². The highest BCUT2D eigenvalue weighted by Crippen LogP contribution is 2.16. The van der Waals surface area contributed by atoms with E-state index in [2.05, 4.69) is 5.32 Å². The van der Waals surface area contributed by atoms with E-state index in [4.69, 9.17) is 11.6 Å². The van der Waals surface area contributed by atoms with Crippen LogP contribution in [0, 0.1) is 6.92 Å².